The van der Waals surface area contributed by atoms with Crippen molar-refractivity contribution in [3.05, 3.63) is 45.8 Å². The standard InChI is InChI=1S/C22H28N2O3S/c1-13-7-5-6-8-16(13)27-12-18(25)24-21-19(20(23)26)15-10-9-14(22(2,3)4)11-17(15)28-21/h5-8,14H,9-12H2,1-4H3,(H2,23,26)(H,24,25)/t14-/m1/s1. The highest BCUT2D eigenvalue weighted by Gasteiger charge is 2.33. The van der Waals surface area contributed by atoms with Crippen molar-refractivity contribution in [3.8, 4) is 5.75 Å². The third-order valence-electron chi connectivity index (χ3n) is 5.44. The summed E-state index contributed by atoms with van der Waals surface area (Å²) in [5.74, 6) is 0.442. The highest BCUT2D eigenvalue weighted by Crippen LogP contribution is 2.44. The van der Waals surface area contributed by atoms with Crippen molar-refractivity contribution in [2.75, 3.05) is 11.9 Å². The number of hydrogen-bond acceptors (Lipinski definition) is 4. The molecular formula is C22H28N2O3S. The zero-order valence-corrected chi connectivity index (χ0v) is 17.7. The lowest BCUT2D eigenvalue weighted by Crippen LogP contribution is -2.27. The first-order chi connectivity index (χ1) is 13.2. The second kappa shape index (κ2) is 7.95. The molecule has 0 bridgehead atoms. The molecule has 1 aromatic carbocycles. The number of aryl methyl sites for hydroxylation is 1. The summed E-state index contributed by atoms with van der Waals surface area (Å²) in [4.78, 5) is 25.7. The maximum Gasteiger partial charge on any atom is 0.262 e. The van der Waals surface area contributed by atoms with Gasteiger partial charge in [0.25, 0.3) is 11.8 Å². The lowest BCUT2D eigenvalue weighted by Gasteiger charge is -2.33. The molecule has 1 aliphatic rings. The van der Waals surface area contributed by atoms with Crippen molar-refractivity contribution in [1.82, 2.24) is 0 Å². The predicted molar refractivity (Wildman–Crippen MR) is 113 cm³/mol. The van der Waals surface area contributed by atoms with Gasteiger partial charge in [0.15, 0.2) is 6.61 Å². The Balaban J connectivity index is 1.75. The van der Waals surface area contributed by atoms with Gasteiger partial charge in [-0.05, 0) is 54.7 Å². The third-order valence-corrected chi connectivity index (χ3v) is 6.61. The van der Waals surface area contributed by atoms with Crippen LogP contribution in [-0.4, -0.2) is 18.4 Å². The number of carbonyl (C=O) groups excluding carboxylic acids is 2. The molecule has 1 aromatic heterocycles. The van der Waals surface area contributed by atoms with Crippen molar-refractivity contribution >= 4 is 28.2 Å². The third kappa shape index (κ3) is 4.38. The Kier molecular flexibility index (Phi) is 5.79. The van der Waals surface area contributed by atoms with E-state index < -0.39 is 5.91 Å². The number of carbonyl (C=O) groups is 2. The largest absolute Gasteiger partial charge is 0.483 e. The fourth-order valence-electron chi connectivity index (χ4n) is 3.70. The smallest absolute Gasteiger partial charge is 0.262 e. The Labute approximate surface area is 170 Å². The van der Waals surface area contributed by atoms with Crippen molar-refractivity contribution in [3.63, 3.8) is 0 Å². The van der Waals surface area contributed by atoms with Crippen LogP contribution in [0.25, 0.3) is 0 Å². The van der Waals surface area contributed by atoms with Crippen LogP contribution < -0.4 is 15.8 Å². The second-order valence-electron chi connectivity index (χ2n) is 8.48. The monoisotopic (exact) mass is 400 g/mol. The summed E-state index contributed by atoms with van der Waals surface area (Å²) < 4.78 is 5.61. The summed E-state index contributed by atoms with van der Waals surface area (Å²) in [5, 5.41) is 3.39. The number of nitrogens with one attached hydrogen (secondary N) is 1. The van der Waals surface area contributed by atoms with Gasteiger partial charge in [0.05, 0.1) is 5.56 Å². The van der Waals surface area contributed by atoms with E-state index in [0.717, 1.165) is 35.3 Å². The average Bonchev–Trinajstić information content (AvgIpc) is 2.97. The Morgan fingerprint density at radius 3 is 2.64 bits per heavy atom. The molecule has 5 nitrogen and oxygen atoms in total. The molecule has 28 heavy (non-hydrogen) atoms. The van der Waals surface area contributed by atoms with E-state index in [0.29, 0.717) is 22.2 Å². The van der Waals surface area contributed by atoms with Crippen LogP contribution in [0.4, 0.5) is 5.00 Å². The summed E-state index contributed by atoms with van der Waals surface area (Å²) >= 11 is 1.47. The molecular weight excluding hydrogens is 372 g/mol. The van der Waals surface area contributed by atoms with Crippen LogP contribution in [0.5, 0.6) is 5.75 Å². The number of hydrogen-bond donors (Lipinski definition) is 2. The number of benzene rings is 1. The van der Waals surface area contributed by atoms with E-state index in [1.54, 1.807) is 0 Å². The Hall–Kier alpha value is -2.34. The van der Waals surface area contributed by atoms with Gasteiger partial charge in [-0.3, -0.25) is 9.59 Å². The molecule has 0 unspecified atom stereocenters. The molecule has 2 aromatic rings. The molecule has 3 N–H and O–H groups in total. The van der Waals surface area contributed by atoms with Gasteiger partial charge in [-0.25, -0.2) is 0 Å². The van der Waals surface area contributed by atoms with Crippen LogP contribution in [0.15, 0.2) is 24.3 Å². The van der Waals surface area contributed by atoms with Crippen LogP contribution in [0, 0.1) is 18.3 Å². The van der Waals surface area contributed by atoms with Crippen molar-refractivity contribution in [2.24, 2.45) is 17.1 Å². The first-order valence-corrected chi connectivity index (χ1v) is 10.4. The number of primary amides is 1. The van der Waals surface area contributed by atoms with Gasteiger partial charge in [0.1, 0.15) is 10.8 Å². The van der Waals surface area contributed by atoms with E-state index in [9.17, 15) is 9.59 Å². The number of rotatable bonds is 5. The van der Waals surface area contributed by atoms with Gasteiger partial charge < -0.3 is 15.8 Å². The van der Waals surface area contributed by atoms with Crippen molar-refractivity contribution in [1.29, 1.82) is 0 Å². The van der Waals surface area contributed by atoms with Gasteiger partial charge in [-0.2, -0.15) is 0 Å². The summed E-state index contributed by atoms with van der Waals surface area (Å²) in [6.45, 7) is 8.55. The van der Waals surface area contributed by atoms with Crippen LogP contribution in [0.3, 0.4) is 0 Å². The van der Waals surface area contributed by atoms with Crippen LogP contribution in [-0.2, 0) is 17.6 Å². The Morgan fingerprint density at radius 2 is 2.00 bits per heavy atom. The zero-order chi connectivity index (χ0) is 20.5. The van der Waals surface area contributed by atoms with Crippen LogP contribution >= 0.6 is 11.3 Å². The normalized spacial score (nSPS) is 16.4. The van der Waals surface area contributed by atoms with E-state index in [2.05, 4.69) is 26.1 Å². The highest BCUT2D eigenvalue weighted by atomic mass is 32.1. The lowest BCUT2D eigenvalue weighted by atomic mass is 9.72. The highest BCUT2D eigenvalue weighted by molar-refractivity contribution is 7.17. The molecule has 2 amide bonds. The first-order valence-electron chi connectivity index (χ1n) is 9.59. The van der Waals surface area contributed by atoms with E-state index in [1.807, 2.05) is 31.2 Å². The molecule has 0 spiro atoms. The van der Waals surface area contributed by atoms with Crippen molar-refractivity contribution in [2.45, 2.75) is 47.0 Å². The summed E-state index contributed by atoms with van der Waals surface area (Å²) in [5.41, 5.74) is 8.30. The van der Waals surface area contributed by atoms with E-state index in [-0.39, 0.29) is 17.9 Å². The first kappa shape index (κ1) is 20.4. The predicted octanol–water partition coefficient (Wildman–Crippen LogP) is 4.32. The molecule has 1 heterocycles. The molecule has 0 radical (unpaired) electrons. The minimum Gasteiger partial charge on any atom is -0.483 e. The van der Waals surface area contributed by atoms with E-state index in [4.69, 9.17) is 10.5 Å². The van der Waals surface area contributed by atoms with E-state index >= 15 is 0 Å². The van der Waals surface area contributed by atoms with Crippen LogP contribution in [0.1, 0.15) is 53.6 Å². The quantitative estimate of drug-likeness (QED) is 0.784. The Bertz CT molecular complexity index is 896. The number of anilines is 1. The number of amides is 2. The van der Waals surface area contributed by atoms with Crippen molar-refractivity contribution < 1.29 is 14.3 Å². The molecule has 150 valence electrons. The second-order valence-corrected chi connectivity index (χ2v) is 9.59. The van der Waals surface area contributed by atoms with Crippen LogP contribution in [0.2, 0.25) is 0 Å². The van der Waals surface area contributed by atoms with Gasteiger partial charge in [-0.1, -0.05) is 39.0 Å². The average molecular weight is 401 g/mol. The van der Waals surface area contributed by atoms with Gasteiger partial charge >= 0.3 is 0 Å². The number of nitrogens with two attached hydrogens (primary N) is 1. The molecule has 0 saturated carbocycles. The number of thiophene rings is 1. The fourth-order valence-corrected chi connectivity index (χ4v) is 5.05. The number of ether oxygens (including phenoxy) is 1. The number of fused-ring (bicyclic) bond motifs is 1. The summed E-state index contributed by atoms with van der Waals surface area (Å²) in [6.07, 6.45) is 2.76. The maximum atomic E-state index is 12.4. The molecule has 0 aliphatic heterocycles. The lowest BCUT2D eigenvalue weighted by molar-refractivity contribution is -0.118. The Morgan fingerprint density at radius 1 is 1.29 bits per heavy atom. The SMILES string of the molecule is Cc1ccccc1OCC(=O)Nc1sc2c(c1C(N)=O)CC[C@@H](C(C)(C)C)C2. The summed E-state index contributed by atoms with van der Waals surface area (Å²) in [6, 6.07) is 7.54. The molecule has 1 atom stereocenters. The van der Waals surface area contributed by atoms with Gasteiger partial charge in [0, 0.05) is 4.88 Å². The minimum absolute atomic E-state index is 0.115. The molecule has 1 aliphatic carbocycles. The van der Waals surface area contributed by atoms with E-state index in [1.165, 1.54) is 11.3 Å². The topological polar surface area (TPSA) is 81.4 Å². The minimum atomic E-state index is -0.484. The van der Waals surface area contributed by atoms with Gasteiger partial charge in [0.2, 0.25) is 0 Å². The molecule has 0 fully saturated rings. The molecule has 0 saturated heterocycles. The fraction of sp³-hybridized carbons (Fsp3) is 0.455. The zero-order valence-electron chi connectivity index (χ0n) is 16.9. The summed E-state index contributed by atoms with van der Waals surface area (Å²) in [7, 11) is 0. The molecule has 3 rings (SSSR count). The number of para-hydroxylation sites is 1. The molecule has 6 heteroatoms. The van der Waals surface area contributed by atoms with Gasteiger partial charge in [-0.15, -0.1) is 11.3 Å². The maximum absolute atomic E-state index is 12.4.